The van der Waals surface area contributed by atoms with E-state index in [0.29, 0.717) is 17.3 Å². The fourth-order valence-corrected chi connectivity index (χ4v) is 7.12. The van der Waals surface area contributed by atoms with E-state index in [1.165, 1.54) is 7.11 Å². The standard InChI is InChI=1S/C29H39NO9/c1-26(2,34)8-5-9-28(35,16-23(31)32)25(33)39-24-22(36-4)15-29-10-6-11-30(29)12-7-18-13-20-21(38-17-37-20)14-19(18)27(24,29)3/h13-15,24,34-35H,5-12,16-17H2,1-4H3,(H,31,32)/t24?,27-,28?,29?/m1/s1. The molecule has 214 valence electrons. The number of nitrogens with zero attached hydrogens (tertiary/aromatic N) is 1. The molecule has 10 nitrogen and oxygen atoms in total. The third-order valence-corrected chi connectivity index (χ3v) is 9.09. The fourth-order valence-electron chi connectivity index (χ4n) is 7.12. The van der Waals surface area contributed by atoms with Crippen LogP contribution in [0.4, 0.5) is 0 Å². The highest BCUT2D eigenvalue weighted by Gasteiger charge is 2.66. The number of carbonyl (C=O) groups excluding carboxylic acids is 1. The van der Waals surface area contributed by atoms with Crippen LogP contribution in [0.2, 0.25) is 0 Å². The topological polar surface area (TPSA) is 135 Å². The average molecular weight is 546 g/mol. The molecule has 3 N–H and O–H groups in total. The Morgan fingerprint density at radius 2 is 1.87 bits per heavy atom. The highest BCUT2D eigenvalue weighted by atomic mass is 16.7. The van der Waals surface area contributed by atoms with Crippen LogP contribution < -0.4 is 9.47 Å². The van der Waals surface area contributed by atoms with Gasteiger partial charge in [0.2, 0.25) is 6.79 Å². The van der Waals surface area contributed by atoms with Crippen molar-refractivity contribution in [3.63, 3.8) is 0 Å². The molecule has 3 aliphatic heterocycles. The van der Waals surface area contributed by atoms with Gasteiger partial charge in [-0.2, -0.15) is 0 Å². The lowest BCUT2D eigenvalue weighted by Gasteiger charge is -2.48. The molecule has 1 fully saturated rings. The predicted octanol–water partition coefficient (Wildman–Crippen LogP) is 2.67. The van der Waals surface area contributed by atoms with E-state index in [1.54, 1.807) is 13.8 Å². The lowest BCUT2D eigenvalue weighted by Crippen LogP contribution is -2.59. The summed E-state index contributed by atoms with van der Waals surface area (Å²) >= 11 is 0. The highest BCUT2D eigenvalue weighted by molar-refractivity contribution is 5.85. The molecule has 4 aliphatic rings. The average Bonchev–Trinajstić information content (AvgIpc) is 3.52. The Morgan fingerprint density at radius 3 is 2.54 bits per heavy atom. The van der Waals surface area contributed by atoms with Crippen molar-refractivity contribution in [3.05, 3.63) is 35.1 Å². The van der Waals surface area contributed by atoms with Gasteiger partial charge >= 0.3 is 11.9 Å². The Balaban J connectivity index is 1.55. The van der Waals surface area contributed by atoms with Crippen molar-refractivity contribution in [3.8, 4) is 11.5 Å². The zero-order valence-corrected chi connectivity index (χ0v) is 23.1. The van der Waals surface area contributed by atoms with Crippen molar-refractivity contribution in [1.82, 2.24) is 4.90 Å². The summed E-state index contributed by atoms with van der Waals surface area (Å²) in [6.45, 7) is 7.12. The van der Waals surface area contributed by atoms with Crippen molar-refractivity contribution in [2.45, 2.75) is 94.0 Å². The summed E-state index contributed by atoms with van der Waals surface area (Å²) in [5.41, 5.74) is -2.58. The molecule has 1 spiro atoms. The van der Waals surface area contributed by atoms with Gasteiger partial charge in [-0.15, -0.1) is 0 Å². The maximum Gasteiger partial charge on any atom is 0.339 e. The van der Waals surface area contributed by atoms with Crippen molar-refractivity contribution in [2.75, 3.05) is 27.0 Å². The van der Waals surface area contributed by atoms with Gasteiger partial charge in [-0.3, -0.25) is 9.69 Å². The SMILES string of the molecule is COC1=CC23CCCN2CCc2cc4c(cc2[C@]3(C)C1OC(=O)C(O)(CCCC(C)(C)O)CC(=O)O)OCO4. The highest BCUT2D eigenvalue weighted by Crippen LogP contribution is 2.59. The summed E-state index contributed by atoms with van der Waals surface area (Å²) in [6.07, 6.45) is 3.26. The van der Waals surface area contributed by atoms with Crippen LogP contribution in [0.5, 0.6) is 11.5 Å². The Morgan fingerprint density at radius 1 is 1.15 bits per heavy atom. The molecule has 1 aromatic rings. The summed E-state index contributed by atoms with van der Waals surface area (Å²) in [6, 6.07) is 3.97. The number of methoxy groups -OCH3 is 1. The number of carboxylic acid groups (broad SMARTS) is 1. The minimum atomic E-state index is -2.26. The normalized spacial score (nSPS) is 29.0. The Hall–Kier alpha value is -2.82. The van der Waals surface area contributed by atoms with Gasteiger partial charge in [0.1, 0.15) is 5.76 Å². The van der Waals surface area contributed by atoms with Crippen molar-refractivity contribution in [1.29, 1.82) is 0 Å². The van der Waals surface area contributed by atoms with Crippen LogP contribution in [0.15, 0.2) is 24.0 Å². The largest absolute Gasteiger partial charge is 0.497 e. The maximum absolute atomic E-state index is 13.7. The van der Waals surface area contributed by atoms with E-state index in [0.717, 1.165) is 43.5 Å². The first kappa shape index (κ1) is 27.7. The van der Waals surface area contributed by atoms with Gasteiger partial charge in [0.15, 0.2) is 23.2 Å². The minimum Gasteiger partial charge on any atom is -0.497 e. The number of hydrogen-bond acceptors (Lipinski definition) is 9. The summed E-state index contributed by atoms with van der Waals surface area (Å²) in [4.78, 5) is 27.9. The van der Waals surface area contributed by atoms with Crippen LogP contribution in [-0.2, 0) is 30.9 Å². The van der Waals surface area contributed by atoms with E-state index in [2.05, 4.69) is 17.9 Å². The van der Waals surface area contributed by atoms with E-state index < -0.39 is 46.6 Å². The third kappa shape index (κ3) is 4.56. The van der Waals surface area contributed by atoms with Crippen LogP contribution >= 0.6 is 0 Å². The second-order valence-corrected chi connectivity index (χ2v) is 12.1. The summed E-state index contributed by atoms with van der Waals surface area (Å²) < 4.78 is 23.4. The molecule has 39 heavy (non-hydrogen) atoms. The Kier molecular flexibility index (Phi) is 6.88. The van der Waals surface area contributed by atoms with Gasteiger partial charge in [0, 0.05) is 6.54 Å². The molecule has 4 atom stereocenters. The second-order valence-electron chi connectivity index (χ2n) is 12.1. The summed E-state index contributed by atoms with van der Waals surface area (Å²) in [7, 11) is 1.53. The molecule has 3 heterocycles. The number of carboxylic acids is 1. The number of carbonyl (C=O) groups is 2. The molecule has 0 radical (unpaired) electrons. The monoisotopic (exact) mass is 545 g/mol. The van der Waals surface area contributed by atoms with Crippen molar-refractivity contribution < 1.29 is 43.9 Å². The Bertz CT molecular complexity index is 1190. The summed E-state index contributed by atoms with van der Waals surface area (Å²) in [5.74, 6) is -0.548. The molecule has 10 heteroatoms. The smallest absolute Gasteiger partial charge is 0.339 e. The molecule has 1 aliphatic carbocycles. The number of aliphatic carboxylic acids is 1. The lowest BCUT2D eigenvalue weighted by molar-refractivity contribution is -0.180. The molecule has 1 aromatic carbocycles. The molecule has 0 saturated carbocycles. The van der Waals surface area contributed by atoms with Gasteiger partial charge in [-0.05, 0) is 95.2 Å². The van der Waals surface area contributed by atoms with Crippen LogP contribution in [0.3, 0.4) is 0 Å². The maximum atomic E-state index is 13.7. The molecule has 0 bridgehead atoms. The van der Waals surface area contributed by atoms with Crippen LogP contribution in [0.1, 0.15) is 70.4 Å². The summed E-state index contributed by atoms with van der Waals surface area (Å²) in [5, 5.41) is 31.0. The van der Waals surface area contributed by atoms with Crippen molar-refractivity contribution in [2.24, 2.45) is 0 Å². The van der Waals surface area contributed by atoms with Crippen LogP contribution in [0.25, 0.3) is 0 Å². The first-order chi connectivity index (χ1) is 18.3. The van der Waals surface area contributed by atoms with E-state index in [4.69, 9.17) is 18.9 Å². The number of aliphatic hydroxyl groups is 2. The van der Waals surface area contributed by atoms with Gasteiger partial charge in [-0.25, -0.2) is 4.79 Å². The molecular formula is C29H39NO9. The molecule has 0 aromatic heterocycles. The number of esters is 1. The second kappa shape index (κ2) is 9.67. The van der Waals surface area contributed by atoms with E-state index >= 15 is 0 Å². The number of hydrogen-bond donors (Lipinski definition) is 3. The molecule has 0 amide bonds. The van der Waals surface area contributed by atoms with Crippen LogP contribution in [0, 0.1) is 0 Å². The number of fused-ring (bicyclic) bond motifs is 3. The van der Waals surface area contributed by atoms with Crippen LogP contribution in [-0.4, -0.2) is 82.0 Å². The third-order valence-electron chi connectivity index (χ3n) is 9.09. The first-order valence-corrected chi connectivity index (χ1v) is 13.7. The fraction of sp³-hybridized carbons (Fsp3) is 0.655. The lowest BCUT2D eigenvalue weighted by atomic mass is 9.65. The zero-order valence-electron chi connectivity index (χ0n) is 23.1. The predicted molar refractivity (Wildman–Crippen MR) is 139 cm³/mol. The van der Waals surface area contributed by atoms with E-state index in [-0.39, 0.29) is 26.1 Å². The number of ether oxygens (including phenoxy) is 4. The Labute approximate surface area is 228 Å². The van der Waals surface area contributed by atoms with Gasteiger partial charge in [-0.1, -0.05) is 0 Å². The number of benzene rings is 1. The molecular weight excluding hydrogens is 506 g/mol. The van der Waals surface area contributed by atoms with Gasteiger partial charge < -0.3 is 34.3 Å². The molecule has 5 rings (SSSR count). The molecule has 1 saturated heterocycles. The minimum absolute atomic E-state index is 0.138. The van der Waals surface area contributed by atoms with E-state index in [1.807, 2.05) is 12.1 Å². The van der Waals surface area contributed by atoms with E-state index in [9.17, 15) is 24.9 Å². The number of rotatable bonds is 9. The first-order valence-electron chi connectivity index (χ1n) is 13.7. The zero-order chi connectivity index (χ0) is 28.2. The van der Waals surface area contributed by atoms with Gasteiger partial charge in [0.25, 0.3) is 0 Å². The van der Waals surface area contributed by atoms with Crippen molar-refractivity contribution >= 4 is 11.9 Å². The molecule has 3 unspecified atom stereocenters. The quantitative estimate of drug-likeness (QED) is 0.398. The van der Waals surface area contributed by atoms with Gasteiger partial charge in [0.05, 0.1) is 30.1 Å².